The summed E-state index contributed by atoms with van der Waals surface area (Å²) in [6.45, 7) is 3.09. The number of nitrogens with zero attached hydrogens (tertiary/aromatic N) is 2. The standard InChI is InChI=1S/C9H13BrN2/c1-2-12-8-7-11-9(12)5-3-4-6-10/h3,5,7-8H,2,4,6H2,1H3. The van der Waals surface area contributed by atoms with Gasteiger partial charge in [0.25, 0.3) is 0 Å². The van der Waals surface area contributed by atoms with Gasteiger partial charge in [0.1, 0.15) is 5.82 Å². The highest BCUT2D eigenvalue weighted by Gasteiger charge is 1.93. The van der Waals surface area contributed by atoms with Gasteiger partial charge >= 0.3 is 0 Å². The zero-order valence-corrected chi connectivity index (χ0v) is 8.79. The van der Waals surface area contributed by atoms with Crippen molar-refractivity contribution in [3.8, 4) is 0 Å². The molecule has 0 aromatic carbocycles. The Morgan fingerprint density at radius 2 is 2.50 bits per heavy atom. The lowest BCUT2D eigenvalue weighted by atomic mass is 10.4. The number of imidazole rings is 1. The van der Waals surface area contributed by atoms with E-state index in [2.05, 4.69) is 44.6 Å². The van der Waals surface area contributed by atoms with Crippen molar-refractivity contribution < 1.29 is 0 Å². The van der Waals surface area contributed by atoms with Crippen molar-refractivity contribution in [1.82, 2.24) is 9.55 Å². The van der Waals surface area contributed by atoms with E-state index in [0.29, 0.717) is 0 Å². The Hall–Kier alpha value is -0.570. The Balaban J connectivity index is 2.61. The summed E-state index contributed by atoms with van der Waals surface area (Å²) in [4.78, 5) is 4.22. The molecule has 0 N–H and O–H groups in total. The minimum Gasteiger partial charge on any atom is -0.332 e. The van der Waals surface area contributed by atoms with Gasteiger partial charge in [0, 0.05) is 24.3 Å². The van der Waals surface area contributed by atoms with Gasteiger partial charge in [-0.25, -0.2) is 4.98 Å². The molecule has 0 radical (unpaired) electrons. The fraction of sp³-hybridized carbons (Fsp3) is 0.444. The molecule has 1 heterocycles. The molecule has 0 bridgehead atoms. The molecule has 0 aliphatic heterocycles. The van der Waals surface area contributed by atoms with E-state index in [9.17, 15) is 0 Å². The van der Waals surface area contributed by atoms with Crippen molar-refractivity contribution in [3.05, 3.63) is 24.3 Å². The maximum Gasteiger partial charge on any atom is 0.132 e. The average Bonchev–Trinajstić information content (AvgIpc) is 2.52. The molecule has 0 aliphatic rings. The molecule has 0 aliphatic carbocycles. The van der Waals surface area contributed by atoms with Crippen molar-refractivity contribution in [2.75, 3.05) is 5.33 Å². The van der Waals surface area contributed by atoms with Gasteiger partial charge < -0.3 is 4.57 Å². The molecule has 2 nitrogen and oxygen atoms in total. The number of rotatable bonds is 4. The van der Waals surface area contributed by atoms with Gasteiger partial charge in [-0.05, 0) is 19.4 Å². The van der Waals surface area contributed by atoms with Crippen LogP contribution in [-0.2, 0) is 6.54 Å². The molecule has 0 atom stereocenters. The van der Waals surface area contributed by atoms with Crippen LogP contribution in [0, 0.1) is 0 Å². The Labute approximate surface area is 81.4 Å². The molecule has 0 amide bonds. The van der Waals surface area contributed by atoms with E-state index >= 15 is 0 Å². The van der Waals surface area contributed by atoms with Crippen LogP contribution in [-0.4, -0.2) is 14.9 Å². The average molecular weight is 229 g/mol. The number of hydrogen-bond acceptors (Lipinski definition) is 1. The smallest absolute Gasteiger partial charge is 0.132 e. The minimum atomic E-state index is 0.980. The second kappa shape index (κ2) is 5.14. The summed E-state index contributed by atoms with van der Waals surface area (Å²) in [5.74, 6) is 1.04. The third-order valence-corrected chi connectivity index (χ3v) is 2.09. The summed E-state index contributed by atoms with van der Waals surface area (Å²) in [6.07, 6.45) is 9.07. The third kappa shape index (κ3) is 2.48. The van der Waals surface area contributed by atoms with E-state index in [0.717, 1.165) is 24.1 Å². The molecule has 0 saturated heterocycles. The molecule has 66 valence electrons. The summed E-state index contributed by atoms with van der Waals surface area (Å²) >= 11 is 3.37. The molecule has 0 saturated carbocycles. The van der Waals surface area contributed by atoms with E-state index in [-0.39, 0.29) is 0 Å². The number of aromatic nitrogens is 2. The van der Waals surface area contributed by atoms with Crippen LogP contribution in [0.4, 0.5) is 0 Å². The Bertz CT molecular complexity index is 253. The predicted octanol–water partition coefficient (Wildman–Crippen LogP) is 2.70. The van der Waals surface area contributed by atoms with Crippen LogP contribution < -0.4 is 0 Å². The first-order valence-corrected chi connectivity index (χ1v) is 5.24. The Morgan fingerprint density at radius 3 is 3.17 bits per heavy atom. The van der Waals surface area contributed by atoms with Crippen molar-refractivity contribution in [2.45, 2.75) is 19.9 Å². The topological polar surface area (TPSA) is 17.8 Å². The third-order valence-electron chi connectivity index (χ3n) is 1.63. The largest absolute Gasteiger partial charge is 0.332 e. The second-order valence-corrected chi connectivity index (χ2v) is 3.24. The summed E-state index contributed by atoms with van der Waals surface area (Å²) in [5, 5.41) is 1.01. The number of alkyl halides is 1. The maximum atomic E-state index is 4.22. The van der Waals surface area contributed by atoms with Gasteiger partial charge in [-0.3, -0.25) is 0 Å². The number of aryl methyl sites for hydroxylation is 1. The molecule has 12 heavy (non-hydrogen) atoms. The quantitative estimate of drug-likeness (QED) is 0.726. The molecule has 0 spiro atoms. The maximum absolute atomic E-state index is 4.22. The zero-order chi connectivity index (χ0) is 8.81. The monoisotopic (exact) mass is 228 g/mol. The van der Waals surface area contributed by atoms with Gasteiger partial charge in [-0.1, -0.05) is 22.0 Å². The molecule has 1 aromatic heterocycles. The number of allylic oxidation sites excluding steroid dienone is 1. The summed E-state index contributed by atoms with van der Waals surface area (Å²) in [6, 6.07) is 0. The molecule has 0 fully saturated rings. The van der Waals surface area contributed by atoms with Crippen LogP contribution in [0.15, 0.2) is 18.5 Å². The summed E-state index contributed by atoms with van der Waals surface area (Å²) in [7, 11) is 0. The van der Waals surface area contributed by atoms with E-state index in [1.807, 2.05) is 12.4 Å². The Kier molecular flexibility index (Phi) is 4.08. The van der Waals surface area contributed by atoms with Crippen LogP contribution in [0.5, 0.6) is 0 Å². The van der Waals surface area contributed by atoms with Crippen molar-refractivity contribution in [3.63, 3.8) is 0 Å². The van der Waals surface area contributed by atoms with Gasteiger partial charge in [-0.2, -0.15) is 0 Å². The molecular weight excluding hydrogens is 216 g/mol. The van der Waals surface area contributed by atoms with E-state index in [1.54, 1.807) is 0 Å². The van der Waals surface area contributed by atoms with Gasteiger partial charge in [-0.15, -0.1) is 0 Å². The normalized spacial score (nSPS) is 11.2. The fourth-order valence-electron chi connectivity index (χ4n) is 0.999. The first-order valence-electron chi connectivity index (χ1n) is 4.12. The number of hydrogen-bond donors (Lipinski definition) is 0. The molecule has 0 unspecified atom stereocenters. The van der Waals surface area contributed by atoms with E-state index in [1.165, 1.54) is 0 Å². The van der Waals surface area contributed by atoms with Crippen molar-refractivity contribution in [2.24, 2.45) is 0 Å². The van der Waals surface area contributed by atoms with Crippen molar-refractivity contribution in [1.29, 1.82) is 0 Å². The SMILES string of the molecule is CCn1ccnc1C=CCCBr. The summed E-state index contributed by atoms with van der Waals surface area (Å²) in [5.41, 5.74) is 0. The van der Waals surface area contributed by atoms with Crippen LogP contribution >= 0.6 is 15.9 Å². The molecule has 1 rings (SSSR count). The van der Waals surface area contributed by atoms with E-state index < -0.39 is 0 Å². The lowest BCUT2D eigenvalue weighted by Gasteiger charge is -1.97. The highest BCUT2D eigenvalue weighted by molar-refractivity contribution is 9.09. The molecule has 3 heteroatoms. The Morgan fingerprint density at radius 1 is 1.67 bits per heavy atom. The lowest BCUT2D eigenvalue weighted by Crippen LogP contribution is -1.94. The minimum absolute atomic E-state index is 0.980. The first kappa shape index (κ1) is 9.52. The van der Waals surface area contributed by atoms with Gasteiger partial charge in [0.05, 0.1) is 0 Å². The number of halogens is 1. The fourth-order valence-corrected chi connectivity index (χ4v) is 1.26. The lowest BCUT2D eigenvalue weighted by molar-refractivity contribution is 0.752. The highest BCUT2D eigenvalue weighted by atomic mass is 79.9. The highest BCUT2D eigenvalue weighted by Crippen LogP contribution is 2.01. The van der Waals surface area contributed by atoms with Crippen molar-refractivity contribution >= 4 is 22.0 Å². The van der Waals surface area contributed by atoms with Gasteiger partial charge in [0.2, 0.25) is 0 Å². The van der Waals surface area contributed by atoms with Crippen LogP contribution in [0.3, 0.4) is 0 Å². The first-order chi connectivity index (χ1) is 5.88. The summed E-state index contributed by atoms with van der Waals surface area (Å²) < 4.78 is 2.12. The van der Waals surface area contributed by atoms with Crippen LogP contribution in [0.25, 0.3) is 6.08 Å². The van der Waals surface area contributed by atoms with Crippen LogP contribution in [0.2, 0.25) is 0 Å². The molecule has 1 aromatic rings. The van der Waals surface area contributed by atoms with Gasteiger partial charge in [0.15, 0.2) is 0 Å². The molecular formula is C9H13BrN2. The van der Waals surface area contributed by atoms with E-state index in [4.69, 9.17) is 0 Å². The van der Waals surface area contributed by atoms with Crippen LogP contribution in [0.1, 0.15) is 19.2 Å². The second-order valence-electron chi connectivity index (χ2n) is 2.45. The predicted molar refractivity (Wildman–Crippen MR) is 55.3 cm³/mol. The zero-order valence-electron chi connectivity index (χ0n) is 7.20.